The van der Waals surface area contributed by atoms with Crippen molar-refractivity contribution in [2.24, 2.45) is 11.7 Å². The van der Waals surface area contributed by atoms with E-state index in [0.29, 0.717) is 23.1 Å². The Labute approximate surface area is 116 Å². The zero-order valence-corrected chi connectivity index (χ0v) is 11.8. The summed E-state index contributed by atoms with van der Waals surface area (Å²) in [5.41, 5.74) is 6.43. The molecule has 0 saturated heterocycles. The summed E-state index contributed by atoms with van der Waals surface area (Å²) >= 11 is 0. The maximum absolute atomic E-state index is 13.3. The van der Waals surface area contributed by atoms with Gasteiger partial charge in [-0.15, -0.1) is 0 Å². The third-order valence-corrected chi connectivity index (χ3v) is 2.89. The Bertz CT molecular complexity index is 584. The Morgan fingerprint density at radius 1 is 1.40 bits per heavy atom. The standard InChI is InChI=1S/C14H18FN3O2/c1-8(2)6-11(16)14-17-13(18-20-14)10-7-9(15)4-5-12(10)19-3/h4-5,7-8,11H,6,16H2,1-3H3. The van der Waals surface area contributed by atoms with Crippen LogP contribution >= 0.6 is 0 Å². The molecule has 20 heavy (non-hydrogen) atoms. The molecule has 1 aromatic heterocycles. The Kier molecular flexibility index (Phi) is 4.34. The highest BCUT2D eigenvalue weighted by molar-refractivity contribution is 5.63. The van der Waals surface area contributed by atoms with Crippen LogP contribution in [0.15, 0.2) is 22.7 Å². The summed E-state index contributed by atoms with van der Waals surface area (Å²) in [7, 11) is 1.50. The SMILES string of the molecule is COc1ccc(F)cc1-c1noc(C(N)CC(C)C)n1. The molecule has 1 unspecified atom stereocenters. The van der Waals surface area contributed by atoms with E-state index in [1.165, 1.54) is 25.3 Å². The van der Waals surface area contributed by atoms with Gasteiger partial charge in [-0.1, -0.05) is 19.0 Å². The first-order chi connectivity index (χ1) is 9.51. The van der Waals surface area contributed by atoms with Crippen LogP contribution in [0.2, 0.25) is 0 Å². The molecule has 108 valence electrons. The summed E-state index contributed by atoms with van der Waals surface area (Å²) in [5.74, 6) is 1.13. The number of halogens is 1. The van der Waals surface area contributed by atoms with E-state index in [0.717, 1.165) is 6.42 Å². The quantitative estimate of drug-likeness (QED) is 0.910. The van der Waals surface area contributed by atoms with Crippen molar-refractivity contribution in [3.05, 3.63) is 29.9 Å². The van der Waals surface area contributed by atoms with Crippen LogP contribution in [0.3, 0.4) is 0 Å². The average Bonchev–Trinajstić information content (AvgIpc) is 2.87. The normalized spacial score (nSPS) is 12.7. The summed E-state index contributed by atoms with van der Waals surface area (Å²) in [4.78, 5) is 4.23. The van der Waals surface area contributed by atoms with Gasteiger partial charge in [0, 0.05) is 0 Å². The summed E-state index contributed by atoms with van der Waals surface area (Å²) < 4.78 is 23.7. The number of hydrogen-bond acceptors (Lipinski definition) is 5. The van der Waals surface area contributed by atoms with Crippen molar-refractivity contribution in [3.8, 4) is 17.1 Å². The van der Waals surface area contributed by atoms with Gasteiger partial charge in [-0.25, -0.2) is 4.39 Å². The Hall–Kier alpha value is -1.95. The highest BCUT2D eigenvalue weighted by atomic mass is 19.1. The van der Waals surface area contributed by atoms with Gasteiger partial charge in [0.15, 0.2) is 0 Å². The zero-order chi connectivity index (χ0) is 14.7. The maximum Gasteiger partial charge on any atom is 0.243 e. The summed E-state index contributed by atoms with van der Waals surface area (Å²) in [6.07, 6.45) is 0.738. The van der Waals surface area contributed by atoms with Gasteiger partial charge < -0.3 is 15.0 Å². The lowest BCUT2D eigenvalue weighted by Crippen LogP contribution is -2.13. The molecule has 0 saturated carbocycles. The summed E-state index contributed by atoms with van der Waals surface area (Å²) in [5, 5.41) is 3.85. The smallest absolute Gasteiger partial charge is 0.243 e. The van der Waals surface area contributed by atoms with Crippen molar-refractivity contribution in [1.82, 2.24) is 10.1 Å². The molecule has 0 aliphatic rings. The molecule has 1 atom stereocenters. The minimum Gasteiger partial charge on any atom is -0.496 e. The molecular formula is C14H18FN3O2. The van der Waals surface area contributed by atoms with E-state index in [2.05, 4.69) is 24.0 Å². The summed E-state index contributed by atoms with van der Waals surface area (Å²) in [6, 6.07) is 3.82. The van der Waals surface area contributed by atoms with Gasteiger partial charge in [0.05, 0.1) is 18.7 Å². The number of methoxy groups -OCH3 is 1. The van der Waals surface area contributed by atoms with Gasteiger partial charge in [0.2, 0.25) is 11.7 Å². The van der Waals surface area contributed by atoms with Gasteiger partial charge in [0.1, 0.15) is 11.6 Å². The molecule has 1 aromatic carbocycles. The monoisotopic (exact) mass is 279 g/mol. The maximum atomic E-state index is 13.3. The van der Waals surface area contributed by atoms with E-state index in [9.17, 15) is 4.39 Å². The number of ether oxygens (including phenoxy) is 1. The molecular weight excluding hydrogens is 261 g/mol. The molecule has 0 fully saturated rings. The first kappa shape index (κ1) is 14.5. The van der Waals surface area contributed by atoms with Crippen molar-refractivity contribution in [1.29, 1.82) is 0 Å². The fourth-order valence-electron chi connectivity index (χ4n) is 1.96. The van der Waals surface area contributed by atoms with Crippen molar-refractivity contribution in [3.63, 3.8) is 0 Å². The molecule has 0 aliphatic carbocycles. The van der Waals surface area contributed by atoms with Crippen molar-refractivity contribution < 1.29 is 13.7 Å². The van der Waals surface area contributed by atoms with E-state index < -0.39 is 5.82 Å². The minimum absolute atomic E-state index is 0.274. The first-order valence-corrected chi connectivity index (χ1v) is 6.44. The first-order valence-electron chi connectivity index (χ1n) is 6.44. The number of nitrogens with two attached hydrogens (primary N) is 1. The number of aromatic nitrogens is 2. The topological polar surface area (TPSA) is 74.2 Å². The van der Waals surface area contributed by atoms with Gasteiger partial charge in [0.25, 0.3) is 0 Å². The molecule has 0 amide bonds. The molecule has 2 rings (SSSR count). The largest absolute Gasteiger partial charge is 0.496 e. The predicted octanol–water partition coefficient (Wildman–Crippen LogP) is 2.93. The van der Waals surface area contributed by atoms with Crippen LogP contribution in [-0.4, -0.2) is 17.3 Å². The van der Waals surface area contributed by atoms with Crippen molar-refractivity contribution >= 4 is 0 Å². The Morgan fingerprint density at radius 3 is 2.80 bits per heavy atom. The van der Waals surface area contributed by atoms with E-state index in [4.69, 9.17) is 15.0 Å². The Balaban J connectivity index is 2.31. The molecule has 2 aromatic rings. The van der Waals surface area contributed by atoms with Crippen LogP contribution in [0.25, 0.3) is 11.4 Å². The molecule has 0 aliphatic heterocycles. The number of benzene rings is 1. The molecule has 5 nitrogen and oxygen atoms in total. The van der Waals surface area contributed by atoms with E-state index in [-0.39, 0.29) is 11.9 Å². The zero-order valence-electron chi connectivity index (χ0n) is 11.8. The number of hydrogen-bond donors (Lipinski definition) is 1. The number of rotatable bonds is 5. The molecule has 0 radical (unpaired) electrons. The lowest BCUT2D eigenvalue weighted by Gasteiger charge is -2.08. The van der Waals surface area contributed by atoms with Crippen molar-refractivity contribution in [2.75, 3.05) is 7.11 Å². The van der Waals surface area contributed by atoms with Crippen LogP contribution in [0.4, 0.5) is 4.39 Å². The molecule has 6 heteroatoms. The van der Waals surface area contributed by atoms with Gasteiger partial charge in [-0.2, -0.15) is 4.98 Å². The third kappa shape index (κ3) is 3.14. The second-order valence-electron chi connectivity index (χ2n) is 5.04. The highest BCUT2D eigenvalue weighted by Gasteiger charge is 2.19. The molecule has 0 spiro atoms. The molecule has 0 bridgehead atoms. The molecule has 2 N–H and O–H groups in total. The predicted molar refractivity (Wildman–Crippen MR) is 72.6 cm³/mol. The van der Waals surface area contributed by atoms with Crippen LogP contribution in [0.5, 0.6) is 5.75 Å². The second kappa shape index (κ2) is 6.00. The minimum atomic E-state index is -0.390. The number of nitrogens with zero attached hydrogens (tertiary/aromatic N) is 2. The fraction of sp³-hybridized carbons (Fsp3) is 0.429. The summed E-state index contributed by atoms with van der Waals surface area (Å²) in [6.45, 7) is 4.12. The lowest BCUT2D eigenvalue weighted by molar-refractivity contribution is 0.335. The van der Waals surface area contributed by atoms with Crippen LogP contribution < -0.4 is 10.5 Å². The average molecular weight is 279 g/mol. The van der Waals surface area contributed by atoms with Gasteiger partial charge in [-0.3, -0.25) is 0 Å². The van der Waals surface area contributed by atoms with Gasteiger partial charge in [-0.05, 0) is 30.5 Å². The van der Waals surface area contributed by atoms with E-state index in [1.807, 2.05) is 0 Å². The lowest BCUT2D eigenvalue weighted by atomic mass is 10.0. The van der Waals surface area contributed by atoms with Crippen LogP contribution in [0.1, 0.15) is 32.2 Å². The van der Waals surface area contributed by atoms with Crippen LogP contribution in [-0.2, 0) is 0 Å². The Morgan fingerprint density at radius 2 is 2.15 bits per heavy atom. The van der Waals surface area contributed by atoms with Gasteiger partial charge >= 0.3 is 0 Å². The van der Waals surface area contributed by atoms with Crippen molar-refractivity contribution in [2.45, 2.75) is 26.3 Å². The van der Waals surface area contributed by atoms with E-state index in [1.54, 1.807) is 0 Å². The highest BCUT2D eigenvalue weighted by Crippen LogP contribution is 2.29. The molecule has 1 heterocycles. The van der Waals surface area contributed by atoms with E-state index >= 15 is 0 Å². The third-order valence-electron chi connectivity index (χ3n) is 2.89. The van der Waals surface area contributed by atoms with Crippen LogP contribution in [0, 0.1) is 11.7 Å². The second-order valence-corrected chi connectivity index (χ2v) is 5.04. The fourth-order valence-corrected chi connectivity index (χ4v) is 1.96.